The van der Waals surface area contributed by atoms with Gasteiger partial charge in [-0.2, -0.15) is 0 Å². The molecular weight excluding hydrogens is 346 g/mol. The molecule has 6 heteroatoms. The van der Waals surface area contributed by atoms with Crippen LogP contribution >= 0.6 is 11.8 Å². The molecule has 0 aliphatic carbocycles. The Labute approximate surface area is 158 Å². The van der Waals surface area contributed by atoms with Gasteiger partial charge in [0.15, 0.2) is 0 Å². The first-order valence-corrected chi connectivity index (χ1v) is 9.61. The summed E-state index contributed by atoms with van der Waals surface area (Å²) in [5, 5.41) is 3.24. The predicted octanol–water partition coefficient (Wildman–Crippen LogP) is 3.88. The van der Waals surface area contributed by atoms with E-state index in [1.54, 1.807) is 11.1 Å². The number of anilines is 2. The highest BCUT2D eigenvalue weighted by atomic mass is 32.2. The second-order valence-corrected chi connectivity index (χ2v) is 8.09. The number of amides is 2. The molecule has 2 amide bonds. The lowest BCUT2D eigenvalue weighted by Gasteiger charge is -2.33. The minimum atomic E-state index is -0.457. The summed E-state index contributed by atoms with van der Waals surface area (Å²) >= 11 is 1.37. The normalized spacial score (nSPS) is 16.5. The van der Waals surface area contributed by atoms with Crippen molar-refractivity contribution in [2.24, 2.45) is 5.92 Å². The van der Waals surface area contributed by atoms with Crippen molar-refractivity contribution in [1.29, 1.82) is 0 Å². The Bertz CT molecular complexity index is 822. The number of rotatable bonds is 5. The highest BCUT2D eigenvalue weighted by molar-refractivity contribution is 8.00. The maximum atomic E-state index is 13.0. The first kappa shape index (κ1) is 18.5. The number of fused-ring (bicyclic) bond motifs is 1. The van der Waals surface area contributed by atoms with Crippen LogP contribution in [0.4, 0.5) is 11.4 Å². The van der Waals surface area contributed by atoms with Gasteiger partial charge >= 0.3 is 0 Å². The Hall–Kier alpha value is -2.34. The first-order chi connectivity index (χ1) is 12.4. The van der Waals surface area contributed by atoms with Crippen molar-refractivity contribution in [3.8, 4) is 0 Å². The summed E-state index contributed by atoms with van der Waals surface area (Å²) in [6.45, 7) is 6.74. The van der Waals surface area contributed by atoms with Gasteiger partial charge in [-0.25, -0.2) is 4.98 Å². The van der Waals surface area contributed by atoms with Crippen molar-refractivity contribution in [3.05, 3.63) is 48.2 Å². The van der Waals surface area contributed by atoms with Gasteiger partial charge < -0.3 is 10.2 Å². The summed E-state index contributed by atoms with van der Waals surface area (Å²) in [7, 11) is 0. The summed E-state index contributed by atoms with van der Waals surface area (Å²) in [6.07, 6.45) is 1.85. The molecule has 3 rings (SSSR count). The molecule has 2 aromatic rings. The Morgan fingerprint density at radius 3 is 2.85 bits per heavy atom. The van der Waals surface area contributed by atoms with Crippen LogP contribution in [0.1, 0.15) is 25.8 Å². The van der Waals surface area contributed by atoms with Gasteiger partial charge in [0.25, 0.3) is 0 Å². The summed E-state index contributed by atoms with van der Waals surface area (Å²) in [5.74, 6) is 0.144. The number of thioether (sulfide) groups is 1. The third kappa shape index (κ3) is 4.25. The largest absolute Gasteiger partial charge is 0.326 e. The van der Waals surface area contributed by atoms with Gasteiger partial charge in [-0.3, -0.25) is 9.59 Å². The molecule has 0 saturated carbocycles. The van der Waals surface area contributed by atoms with Crippen LogP contribution in [0.2, 0.25) is 0 Å². The number of carbonyl (C=O) groups excluding carboxylic acids is 2. The van der Waals surface area contributed by atoms with Crippen LogP contribution in [-0.2, 0) is 9.59 Å². The van der Waals surface area contributed by atoms with Crippen molar-refractivity contribution in [1.82, 2.24) is 4.98 Å². The van der Waals surface area contributed by atoms with Crippen molar-refractivity contribution < 1.29 is 9.59 Å². The highest BCUT2D eigenvalue weighted by Crippen LogP contribution is 2.39. The number of pyridine rings is 1. The third-order valence-corrected chi connectivity index (χ3v) is 5.25. The van der Waals surface area contributed by atoms with Gasteiger partial charge in [0.2, 0.25) is 11.8 Å². The molecule has 1 aromatic heterocycles. The molecule has 1 aromatic carbocycles. The number of hydrogen-bond donors (Lipinski definition) is 1. The summed E-state index contributed by atoms with van der Waals surface area (Å²) in [5.41, 5.74) is 2.67. The zero-order chi connectivity index (χ0) is 18.7. The van der Waals surface area contributed by atoms with Gasteiger partial charge in [-0.05, 0) is 42.7 Å². The van der Waals surface area contributed by atoms with Crippen molar-refractivity contribution in [3.63, 3.8) is 0 Å². The smallest absolute Gasteiger partial charge is 0.241 e. The molecule has 0 saturated heterocycles. The predicted molar refractivity (Wildman–Crippen MR) is 105 cm³/mol. The van der Waals surface area contributed by atoms with Crippen molar-refractivity contribution >= 4 is 35.0 Å². The molecule has 26 heavy (non-hydrogen) atoms. The molecule has 1 atom stereocenters. The molecule has 1 aliphatic rings. The van der Waals surface area contributed by atoms with E-state index in [-0.39, 0.29) is 18.2 Å². The number of hydrogen-bond acceptors (Lipinski definition) is 4. The van der Waals surface area contributed by atoms with E-state index in [1.807, 2.05) is 43.3 Å². The third-order valence-electron chi connectivity index (χ3n) is 4.06. The lowest BCUT2D eigenvalue weighted by atomic mass is 10.1. The molecule has 2 heterocycles. The van der Waals surface area contributed by atoms with E-state index in [9.17, 15) is 9.59 Å². The molecule has 1 N–H and O–H groups in total. The lowest BCUT2D eigenvalue weighted by molar-refractivity contribution is -0.122. The van der Waals surface area contributed by atoms with Crippen molar-refractivity contribution in [2.75, 3.05) is 16.8 Å². The monoisotopic (exact) mass is 369 g/mol. The van der Waals surface area contributed by atoms with Crippen LogP contribution in [0.3, 0.4) is 0 Å². The lowest BCUT2D eigenvalue weighted by Crippen LogP contribution is -2.44. The molecule has 1 aliphatic heterocycles. The van der Waals surface area contributed by atoms with E-state index in [0.717, 1.165) is 22.0 Å². The molecule has 136 valence electrons. The minimum Gasteiger partial charge on any atom is -0.326 e. The van der Waals surface area contributed by atoms with Gasteiger partial charge in [-0.1, -0.05) is 37.7 Å². The van der Waals surface area contributed by atoms with E-state index < -0.39 is 5.25 Å². The standard InChI is InChI=1S/C20H23N3O2S/c1-13(2)12-23-16-8-5-9-21-19(16)26-17(20(23)25)11-18(24)22-15-7-4-6-14(3)10-15/h4-10,13,17H,11-12H2,1-3H3,(H,22,24). The summed E-state index contributed by atoms with van der Waals surface area (Å²) < 4.78 is 0. The first-order valence-electron chi connectivity index (χ1n) is 8.73. The molecule has 5 nitrogen and oxygen atoms in total. The maximum absolute atomic E-state index is 13.0. The number of nitrogens with zero attached hydrogens (tertiary/aromatic N) is 2. The fourth-order valence-corrected chi connectivity index (χ4v) is 4.09. The number of benzene rings is 1. The van der Waals surface area contributed by atoms with E-state index in [2.05, 4.69) is 24.1 Å². The number of carbonyl (C=O) groups is 2. The van der Waals surface area contributed by atoms with Crippen LogP contribution in [0.25, 0.3) is 0 Å². The van der Waals surface area contributed by atoms with E-state index in [4.69, 9.17) is 0 Å². The Morgan fingerprint density at radius 2 is 2.12 bits per heavy atom. The summed E-state index contributed by atoms with van der Waals surface area (Å²) in [4.78, 5) is 31.6. The van der Waals surface area contributed by atoms with Crippen LogP contribution < -0.4 is 10.2 Å². The van der Waals surface area contributed by atoms with Crippen LogP contribution in [0.15, 0.2) is 47.6 Å². The highest BCUT2D eigenvalue weighted by Gasteiger charge is 2.35. The second kappa shape index (κ2) is 7.91. The average molecular weight is 369 g/mol. The van der Waals surface area contributed by atoms with Crippen LogP contribution in [0.5, 0.6) is 0 Å². The minimum absolute atomic E-state index is 0.0245. The average Bonchev–Trinajstić information content (AvgIpc) is 2.58. The number of nitrogens with one attached hydrogen (secondary N) is 1. The van der Waals surface area contributed by atoms with Crippen LogP contribution in [0, 0.1) is 12.8 Å². The van der Waals surface area contributed by atoms with Crippen molar-refractivity contribution in [2.45, 2.75) is 37.5 Å². The molecule has 0 spiro atoms. The number of aromatic nitrogens is 1. The molecular formula is C20H23N3O2S. The van der Waals surface area contributed by atoms with Gasteiger partial charge in [-0.15, -0.1) is 0 Å². The fourth-order valence-electron chi connectivity index (χ4n) is 2.94. The maximum Gasteiger partial charge on any atom is 0.241 e. The zero-order valence-corrected chi connectivity index (χ0v) is 16.0. The zero-order valence-electron chi connectivity index (χ0n) is 15.2. The van der Waals surface area contributed by atoms with E-state index in [0.29, 0.717) is 12.5 Å². The molecule has 0 radical (unpaired) electrons. The van der Waals surface area contributed by atoms with E-state index in [1.165, 1.54) is 11.8 Å². The molecule has 0 bridgehead atoms. The SMILES string of the molecule is Cc1cccc(NC(=O)CC2Sc3ncccc3N(CC(C)C)C2=O)c1. The Kier molecular flexibility index (Phi) is 5.61. The van der Waals surface area contributed by atoms with Gasteiger partial charge in [0.1, 0.15) is 5.03 Å². The van der Waals surface area contributed by atoms with Gasteiger partial charge in [0.05, 0.1) is 10.9 Å². The topological polar surface area (TPSA) is 62.3 Å². The fraction of sp³-hybridized carbons (Fsp3) is 0.350. The summed E-state index contributed by atoms with van der Waals surface area (Å²) in [6, 6.07) is 11.4. The Morgan fingerprint density at radius 1 is 1.31 bits per heavy atom. The quantitative estimate of drug-likeness (QED) is 0.869. The molecule has 0 fully saturated rings. The Balaban J connectivity index is 1.75. The van der Waals surface area contributed by atoms with Gasteiger partial charge in [0, 0.05) is 24.8 Å². The number of aryl methyl sites for hydroxylation is 1. The molecule has 1 unspecified atom stereocenters. The van der Waals surface area contributed by atoms with Crippen LogP contribution in [-0.4, -0.2) is 28.6 Å². The van der Waals surface area contributed by atoms with E-state index >= 15 is 0 Å². The second-order valence-electron chi connectivity index (χ2n) is 6.90.